The van der Waals surface area contributed by atoms with Crippen LogP contribution in [0.3, 0.4) is 0 Å². The number of fused-ring (bicyclic) bond motifs is 1. The minimum Gasteiger partial charge on any atom is -0.339 e. The van der Waals surface area contributed by atoms with Crippen molar-refractivity contribution in [1.82, 2.24) is 9.80 Å². The average Bonchev–Trinajstić information content (AvgIpc) is 3.12. The predicted molar refractivity (Wildman–Crippen MR) is 105 cm³/mol. The van der Waals surface area contributed by atoms with Crippen molar-refractivity contribution in [3.8, 4) is 0 Å². The molecular formula is C20H23ClN2O2S. The summed E-state index contributed by atoms with van der Waals surface area (Å²) in [6.07, 6.45) is 1.40. The number of hydrogen-bond donors (Lipinski definition) is 0. The first-order valence-corrected chi connectivity index (χ1v) is 10.1. The van der Waals surface area contributed by atoms with Crippen molar-refractivity contribution in [3.05, 3.63) is 56.7 Å². The Labute approximate surface area is 163 Å². The second kappa shape index (κ2) is 8.23. The third-order valence-corrected chi connectivity index (χ3v) is 6.28. The molecule has 6 heteroatoms. The molecule has 2 heterocycles. The molecule has 2 aromatic rings. The molecule has 0 spiro atoms. The van der Waals surface area contributed by atoms with Crippen molar-refractivity contribution in [1.29, 1.82) is 0 Å². The summed E-state index contributed by atoms with van der Waals surface area (Å²) in [5.74, 6) is 0.0260. The monoisotopic (exact) mass is 390 g/mol. The van der Waals surface area contributed by atoms with E-state index in [4.69, 9.17) is 11.6 Å². The van der Waals surface area contributed by atoms with E-state index in [0.29, 0.717) is 11.6 Å². The van der Waals surface area contributed by atoms with Gasteiger partial charge in [0.2, 0.25) is 11.8 Å². The van der Waals surface area contributed by atoms with Crippen LogP contribution in [0.5, 0.6) is 0 Å². The van der Waals surface area contributed by atoms with E-state index in [1.807, 2.05) is 36.1 Å². The molecular weight excluding hydrogens is 368 g/mol. The van der Waals surface area contributed by atoms with Crippen molar-refractivity contribution < 1.29 is 9.59 Å². The molecule has 26 heavy (non-hydrogen) atoms. The summed E-state index contributed by atoms with van der Waals surface area (Å²) >= 11 is 7.79. The highest BCUT2D eigenvalue weighted by molar-refractivity contribution is 7.10. The number of thiophene rings is 1. The van der Waals surface area contributed by atoms with Gasteiger partial charge in [-0.15, -0.1) is 11.3 Å². The molecule has 1 aromatic heterocycles. The summed E-state index contributed by atoms with van der Waals surface area (Å²) in [6.45, 7) is 3.38. The largest absolute Gasteiger partial charge is 0.339 e. The Kier molecular flexibility index (Phi) is 5.99. The Hall–Kier alpha value is -1.85. The summed E-state index contributed by atoms with van der Waals surface area (Å²) in [6, 6.07) is 9.52. The Morgan fingerprint density at radius 3 is 2.88 bits per heavy atom. The van der Waals surface area contributed by atoms with E-state index >= 15 is 0 Å². The van der Waals surface area contributed by atoms with E-state index in [1.165, 1.54) is 10.4 Å². The van der Waals surface area contributed by atoms with Gasteiger partial charge in [-0.2, -0.15) is 0 Å². The molecule has 3 rings (SSSR count). The molecule has 0 saturated heterocycles. The minimum absolute atomic E-state index is 0.0287. The first kappa shape index (κ1) is 18.9. The van der Waals surface area contributed by atoms with Gasteiger partial charge in [-0.05, 0) is 48.1 Å². The molecule has 2 amide bonds. The predicted octanol–water partition coefficient (Wildman–Crippen LogP) is 4.29. The van der Waals surface area contributed by atoms with E-state index in [2.05, 4.69) is 11.4 Å². The first-order valence-electron chi connectivity index (χ1n) is 8.80. The molecule has 0 saturated carbocycles. The standard InChI is InChI=1S/C20H23ClN2O2S/c1-14(15-4-3-5-17(21)12-15)22(2)19(24)6-7-20(25)23-10-8-18-16(13-23)9-11-26-18/h3-5,9,11-12,14H,6-8,10,13H2,1-2H3. The summed E-state index contributed by atoms with van der Waals surface area (Å²) in [7, 11) is 1.77. The fourth-order valence-electron chi connectivity index (χ4n) is 3.22. The van der Waals surface area contributed by atoms with Crippen LogP contribution in [0, 0.1) is 0 Å². The van der Waals surface area contributed by atoms with Gasteiger partial charge in [0.1, 0.15) is 0 Å². The summed E-state index contributed by atoms with van der Waals surface area (Å²) < 4.78 is 0. The van der Waals surface area contributed by atoms with E-state index in [0.717, 1.165) is 18.5 Å². The Morgan fingerprint density at radius 2 is 2.12 bits per heavy atom. The van der Waals surface area contributed by atoms with E-state index < -0.39 is 0 Å². The summed E-state index contributed by atoms with van der Waals surface area (Å²) in [4.78, 5) is 29.9. The number of rotatable bonds is 5. The van der Waals surface area contributed by atoms with E-state index in [9.17, 15) is 9.59 Å². The molecule has 1 aliphatic heterocycles. The van der Waals surface area contributed by atoms with Crippen LogP contribution < -0.4 is 0 Å². The topological polar surface area (TPSA) is 40.6 Å². The highest BCUT2D eigenvalue weighted by Gasteiger charge is 2.23. The molecule has 1 unspecified atom stereocenters. The van der Waals surface area contributed by atoms with Gasteiger partial charge in [0.25, 0.3) is 0 Å². The molecule has 0 radical (unpaired) electrons. The highest BCUT2D eigenvalue weighted by Crippen LogP contribution is 2.25. The minimum atomic E-state index is -0.0837. The fourth-order valence-corrected chi connectivity index (χ4v) is 4.30. The lowest BCUT2D eigenvalue weighted by atomic mass is 10.1. The van der Waals surface area contributed by atoms with Gasteiger partial charge in [0.15, 0.2) is 0 Å². The summed E-state index contributed by atoms with van der Waals surface area (Å²) in [5, 5.41) is 2.73. The van der Waals surface area contributed by atoms with Gasteiger partial charge in [0.05, 0.1) is 6.04 Å². The second-order valence-corrected chi connectivity index (χ2v) is 8.11. The maximum Gasteiger partial charge on any atom is 0.223 e. The van der Waals surface area contributed by atoms with Crippen molar-refractivity contribution in [2.45, 2.75) is 38.8 Å². The molecule has 0 aliphatic carbocycles. The van der Waals surface area contributed by atoms with Crippen molar-refractivity contribution in [3.63, 3.8) is 0 Å². The smallest absolute Gasteiger partial charge is 0.223 e. The zero-order valence-corrected chi connectivity index (χ0v) is 16.6. The maximum absolute atomic E-state index is 12.5. The number of nitrogens with zero attached hydrogens (tertiary/aromatic N) is 2. The van der Waals surface area contributed by atoms with E-state index in [1.54, 1.807) is 23.3 Å². The quantitative estimate of drug-likeness (QED) is 0.764. The van der Waals surface area contributed by atoms with Crippen LogP contribution >= 0.6 is 22.9 Å². The van der Waals surface area contributed by atoms with Crippen LogP contribution in [0.2, 0.25) is 5.02 Å². The van der Waals surface area contributed by atoms with Gasteiger partial charge in [0, 0.05) is 42.9 Å². The lowest BCUT2D eigenvalue weighted by molar-refractivity contribution is -0.137. The van der Waals surface area contributed by atoms with Crippen molar-refractivity contribution >= 4 is 34.8 Å². The number of carbonyl (C=O) groups excluding carboxylic acids is 2. The zero-order valence-electron chi connectivity index (χ0n) is 15.1. The number of carbonyl (C=O) groups is 2. The third-order valence-electron chi connectivity index (χ3n) is 5.02. The zero-order chi connectivity index (χ0) is 18.7. The first-order chi connectivity index (χ1) is 12.5. The van der Waals surface area contributed by atoms with Crippen LogP contribution in [-0.4, -0.2) is 35.2 Å². The summed E-state index contributed by atoms with van der Waals surface area (Å²) in [5.41, 5.74) is 2.23. The maximum atomic E-state index is 12.5. The number of halogens is 1. The van der Waals surface area contributed by atoms with Crippen molar-refractivity contribution in [2.75, 3.05) is 13.6 Å². The Bertz CT molecular complexity index is 805. The molecule has 0 N–H and O–H groups in total. The van der Waals surface area contributed by atoms with Gasteiger partial charge in [-0.1, -0.05) is 23.7 Å². The van der Waals surface area contributed by atoms with Crippen LogP contribution in [0.1, 0.15) is 41.8 Å². The van der Waals surface area contributed by atoms with Gasteiger partial charge < -0.3 is 9.80 Å². The van der Waals surface area contributed by atoms with Gasteiger partial charge in [-0.3, -0.25) is 9.59 Å². The molecule has 1 aromatic carbocycles. The lowest BCUT2D eigenvalue weighted by Gasteiger charge is -2.28. The van der Waals surface area contributed by atoms with Crippen LogP contribution in [-0.2, 0) is 22.6 Å². The average molecular weight is 391 g/mol. The lowest BCUT2D eigenvalue weighted by Crippen LogP contribution is -2.36. The fraction of sp³-hybridized carbons (Fsp3) is 0.400. The Morgan fingerprint density at radius 1 is 1.31 bits per heavy atom. The highest BCUT2D eigenvalue weighted by atomic mass is 35.5. The van der Waals surface area contributed by atoms with Gasteiger partial charge in [-0.25, -0.2) is 0 Å². The van der Waals surface area contributed by atoms with Crippen LogP contribution in [0.15, 0.2) is 35.7 Å². The number of amides is 2. The van der Waals surface area contributed by atoms with Crippen molar-refractivity contribution in [2.24, 2.45) is 0 Å². The molecule has 0 bridgehead atoms. The van der Waals surface area contributed by atoms with Crippen LogP contribution in [0.25, 0.3) is 0 Å². The van der Waals surface area contributed by atoms with Crippen LogP contribution in [0.4, 0.5) is 0 Å². The second-order valence-electron chi connectivity index (χ2n) is 6.67. The van der Waals surface area contributed by atoms with Gasteiger partial charge >= 0.3 is 0 Å². The SMILES string of the molecule is CC(c1cccc(Cl)c1)N(C)C(=O)CCC(=O)N1CCc2sccc2C1. The van der Waals surface area contributed by atoms with E-state index in [-0.39, 0.29) is 30.7 Å². The molecule has 138 valence electrons. The molecule has 4 nitrogen and oxygen atoms in total. The number of hydrogen-bond acceptors (Lipinski definition) is 3. The number of benzene rings is 1. The Balaban J connectivity index is 1.52. The molecule has 1 aliphatic rings. The molecule has 0 fully saturated rings. The molecule has 1 atom stereocenters. The third kappa shape index (κ3) is 4.27. The normalized spacial score (nSPS) is 14.7.